The van der Waals surface area contributed by atoms with Crippen molar-refractivity contribution in [2.75, 3.05) is 37.2 Å². The molecule has 7 heteroatoms. The van der Waals surface area contributed by atoms with Crippen LogP contribution in [0, 0.1) is 0 Å². The third-order valence-electron chi connectivity index (χ3n) is 4.46. The van der Waals surface area contributed by atoms with Crippen LogP contribution in [0.4, 0.5) is 5.69 Å². The van der Waals surface area contributed by atoms with E-state index >= 15 is 0 Å². The Bertz CT molecular complexity index is 689. The molecule has 0 spiro atoms. The summed E-state index contributed by atoms with van der Waals surface area (Å²) in [5, 5.41) is 0. The lowest BCUT2D eigenvalue weighted by Crippen LogP contribution is -2.43. The van der Waals surface area contributed by atoms with E-state index in [1.54, 1.807) is 4.90 Å². The summed E-state index contributed by atoms with van der Waals surface area (Å²) in [6, 6.07) is 7.39. The van der Waals surface area contributed by atoms with Crippen molar-refractivity contribution in [3.63, 3.8) is 0 Å². The highest BCUT2D eigenvalue weighted by molar-refractivity contribution is 7.92. The van der Waals surface area contributed by atoms with Crippen LogP contribution in [0.3, 0.4) is 0 Å². The van der Waals surface area contributed by atoms with Gasteiger partial charge in [-0.15, -0.1) is 0 Å². The lowest BCUT2D eigenvalue weighted by Gasteiger charge is -2.26. The smallest absolute Gasteiger partial charge is 0.239 e. The number of hydrogen-bond donors (Lipinski definition) is 0. The predicted molar refractivity (Wildman–Crippen MR) is 85.1 cm³/mol. The van der Waals surface area contributed by atoms with Crippen LogP contribution >= 0.6 is 0 Å². The van der Waals surface area contributed by atoms with Crippen molar-refractivity contribution in [3.05, 3.63) is 29.8 Å². The maximum atomic E-state index is 12.3. The molecule has 120 valence electrons. The van der Waals surface area contributed by atoms with E-state index < -0.39 is 10.0 Å². The maximum absolute atomic E-state index is 12.3. The average molecular weight is 323 g/mol. The quantitative estimate of drug-likeness (QED) is 0.795. The number of likely N-dealkylation sites (N-methyl/N-ethyl adjacent to an activating group) is 1. The summed E-state index contributed by atoms with van der Waals surface area (Å²) in [4.78, 5) is 16.1. The number of likely N-dealkylation sites (tertiary alicyclic amines) is 1. The van der Waals surface area contributed by atoms with Crippen LogP contribution in [0.25, 0.3) is 0 Å². The third-order valence-corrected chi connectivity index (χ3v) is 5.64. The number of benzene rings is 1. The lowest BCUT2D eigenvalue weighted by molar-refractivity contribution is -0.131. The lowest BCUT2D eigenvalue weighted by atomic mass is 10.1. The summed E-state index contributed by atoms with van der Waals surface area (Å²) in [5.41, 5.74) is 1.68. The summed E-state index contributed by atoms with van der Waals surface area (Å²) < 4.78 is 25.6. The zero-order chi connectivity index (χ0) is 15.9. The van der Waals surface area contributed by atoms with E-state index in [-0.39, 0.29) is 11.9 Å². The molecule has 22 heavy (non-hydrogen) atoms. The van der Waals surface area contributed by atoms with Crippen molar-refractivity contribution in [3.8, 4) is 0 Å². The van der Waals surface area contributed by atoms with Crippen molar-refractivity contribution in [1.82, 2.24) is 9.80 Å². The molecule has 1 amide bonds. The fraction of sp³-hybridized carbons (Fsp3) is 0.533. The number of para-hydroxylation sites is 1. The zero-order valence-corrected chi connectivity index (χ0v) is 13.7. The van der Waals surface area contributed by atoms with Gasteiger partial charge in [0.1, 0.15) is 0 Å². The van der Waals surface area contributed by atoms with Gasteiger partial charge in [-0.25, -0.2) is 8.42 Å². The SMILES string of the molecule is CN1CCC(N2CCN(S(C)(=O)=O)c3ccccc3C2)C1=O. The molecule has 2 aliphatic rings. The maximum Gasteiger partial charge on any atom is 0.239 e. The van der Waals surface area contributed by atoms with Crippen LogP contribution in [0.1, 0.15) is 12.0 Å². The second-order valence-electron chi connectivity index (χ2n) is 6.00. The first kappa shape index (κ1) is 15.3. The van der Waals surface area contributed by atoms with E-state index in [0.29, 0.717) is 19.6 Å². The van der Waals surface area contributed by atoms with Gasteiger partial charge in [0.05, 0.1) is 18.0 Å². The van der Waals surface area contributed by atoms with Gasteiger partial charge in [-0.3, -0.25) is 14.0 Å². The molecule has 1 unspecified atom stereocenters. The Hall–Kier alpha value is -1.60. The minimum atomic E-state index is -3.32. The van der Waals surface area contributed by atoms with Gasteiger partial charge >= 0.3 is 0 Å². The standard InChI is InChI=1S/C15H21N3O3S/c1-16-8-7-14(15(16)19)17-9-10-18(22(2,20)21)13-6-4-3-5-12(13)11-17/h3-6,14H,7-11H2,1-2H3. The molecule has 2 aliphatic heterocycles. The minimum absolute atomic E-state index is 0.130. The molecule has 1 aromatic rings. The average Bonchev–Trinajstić information content (AvgIpc) is 2.69. The van der Waals surface area contributed by atoms with Gasteiger partial charge in [0, 0.05) is 33.2 Å². The normalized spacial score (nSPS) is 23.5. The van der Waals surface area contributed by atoms with Crippen LogP contribution in [0.2, 0.25) is 0 Å². The Labute approximate surface area is 131 Å². The number of carbonyl (C=O) groups excluding carboxylic acids is 1. The van der Waals surface area contributed by atoms with Crippen LogP contribution in [-0.2, 0) is 21.4 Å². The molecule has 2 heterocycles. The van der Waals surface area contributed by atoms with Crippen LogP contribution < -0.4 is 4.31 Å². The Morgan fingerprint density at radius 3 is 2.50 bits per heavy atom. The first-order chi connectivity index (χ1) is 10.4. The van der Waals surface area contributed by atoms with Crippen LogP contribution in [0.5, 0.6) is 0 Å². The Kier molecular flexibility index (Phi) is 3.86. The highest BCUT2D eigenvalue weighted by Gasteiger charge is 2.36. The van der Waals surface area contributed by atoms with Gasteiger partial charge in [-0.2, -0.15) is 0 Å². The first-order valence-corrected chi connectivity index (χ1v) is 9.27. The second-order valence-corrected chi connectivity index (χ2v) is 7.91. The molecule has 0 radical (unpaired) electrons. The van der Waals surface area contributed by atoms with E-state index in [4.69, 9.17) is 0 Å². The van der Waals surface area contributed by atoms with Crippen LogP contribution in [-0.4, -0.2) is 63.1 Å². The first-order valence-electron chi connectivity index (χ1n) is 7.42. The van der Waals surface area contributed by atoms with E-state index in [9.17, 15) is 13.2 Å². The molecule has 1 aromatic carbocycles. The third kappa shape index (κ3) is 2.70. The molecule has 0 N–H and O–H groups in total. The Morgan fingerprint density at radius 2 is 1.86 bits per heavy atom. The van der Waals surface area contributed by atoms with Crippen molar-refractivity contribution in [1.29, 1.82) is 0 Å². The Morgan fingerprint density at radius 1 is 1.14 bits per heavy atom. The van der Waals surface area contributed by atoms with Crippen molar-refractivity contribution >= 4 is 21.6 Å². The molecule has 0 aliphatic carbocycles. The number of nitrogens with zero attached hydrogens (tertiary/aromatic N) is 3. The van der Waals surface area contributed by atoms with Gasteiger partial charge < -0.3 is 4.90 Å². The number of anilines is 1. The largest absolute Gasteiger partial charge is 0.344 e. The summed E-state index contributed by atoms with van der Waals surface area (Å²) in [7, 11) is -1.51. The van der Waals surface area contributed by atoms with E-state index in [2.05, 4.69) is 4.90 Å². The molecule has 0 bridgehead atoms. The second kappa shape index (κ2) is 5.55. The highest BCUT2D eigenvalue weighted by atomic mass is 32.2. The topological polar surface area (TPSA) is 60.9 Å². The van der Waals surface area contributed by atoms with Crippen LogP contribution in [0.15, 0.2) is 24.3 Å². The number of rotatable bonds is 2. The van der Waals surface area contributed by atoms with E-state index in [1.165, 1.54) is 10.6 Å². The number of hydrogen-bond acceptors (Lipinski definition) is 4. The predicted octanol–water partition coefficient (Wildman–Crippen LogP) is 0.499. The molecule has 0 saturated carbocycles. The summed E-state index contributed by atoms with van der Waals surface area (Å²) in [6.45, 7) is 2.30. The molecular weight excluding hydrogens is 302 g/mol. The van der Waals surface area contributed by atoms with E-state index in [1.807, 2.05) is 31.3 Å². The monoisotopic (exact) mass is 323 g/mol. The number of sulfonamides is 1. The van der Waals surface area contributed by atoms with Gasteiger partial charge in [0.15, 0.2) is 0 Å². The van der Waals surface area contributed by atoms with Gasteiger partial charge in [-0.1, -0.05) is 18.2 Å². The number of amides is 1. The summed E-state index contributed by atoms with van der Waals surface area (Å²) in [5.74, 6) is 0.130. The fourth-order valence-electron chi connectivity index (χ4n) is 3.28. The Balaban J connectivity index is 1.94. The number of fused-ring (bicyclic) bond motifs is 1. The number of carbonyl (C=O) groups is 1. The van der Waals surface area contributed by atoms with Crippen molar-refractivity contribution in [2.24, 2.45) is 0 Å². The van der Waals surface area contributed by atoms with Crippen molar-refractivity contribution in [2.45, 2.75) is 19.0 Å². The van der Waals surface area contributed by atoms with Crippen molar-refractivity contribution < 1.29 is 13.2 Å². The van der Waals surface area contributed by atoms with Gasteiger partial charge in [0.2, 0.25) is 15.9 Å². The summed E-state index contributed by atoms with van der Waals surface area (Å²) in [6.07, 6.45) is 2.03. The summed E-state index contributed by atoms with van der Waals surface area (Å²) >= 11 is 0. The van der Waals surface area contributed by atoms with Gasteiger partial charge in [-0.05, 0) is 18.1 Å². The molecule has 1 saturated heterocycles. The highest BCUT2D eigenvalue weighted by Crippen LogP contribution is 2.29. The molecule has 6 nitrogen and oxygen atoms in total. The molecule has 3 rings (SSSR count). The zero-order valence-electron chi connectivity index (χ0n) is 12.9. The molecule has 0 aromatic heterocycles. The molecule has 1 atom stereocenters. The minimum Gasteiger partial charge on any atom is -0.344 e. The van der Waals surface area contributed by atoms with Gasteiger partial charge in [0.25, 0.3) is 0 Å². The fourth-order valence-corrected chi connectivity index (χ4v) is 4.23. The molecular formula is C15H21N3O3S. The molecule has 1 fully saturated rings. The van der Waals surface area contributed by atoms with E-state index in [0.717, 1.165) is 24.2 Å².